The second-order valence-corrected chi connectivity index (χ2v) is 7.22. The van der Waals surface area contributed by atoms with Gasteiger partial charge in [-0.3, -0.25) is 9.36 Å². The highest BCUT2D eigenvalue weighted by molar-refractivity contribution is 7.16. The van der Waals surface area contributed by atoms with E-state index in [1.807, 2.05) is 19.1 Å². The van der Waals surface area contributed by atoms with Crippen molar-refractivity contribution in [3.8, 4) is 11.3 Å². The van der Waals surface area contributed by atoms with Crippen LogP contribution < -0.4 is 11.0 Å². The van der Waals surface area contributed by atoms with Gasteiger partial charge < -0.3 is 10.3 Å². The van der Waals surface area contributed by atoms with Gasteiger partial charge in [-0.15, -0.1) is 11.3 Å². The summed E-state index contributed by atoms with van der Waals surface area (Å²) in [5, 5.41) is 3.17. The van der Waals surface area contributed by atoms with Gasteiger partial charge in [-0.2, -0.15) is 0 Å². The van der Waals surface area contributed by atoms with Crippen LogP contribution in [-0.2, 0) is 11.3 Å². The third-order valence-corrected chi connectivity index (χ3v) is 5.03. The van der Waals surface area contributed by atoms with Crippen molar-refractivity contribution in [3.05, 3.63) is 69.7 Å². The zero-order chi connectivity index (χ0) is 19.0. The van der Waals surface area contributed by atoms with Gasteiger partial charge in [0.25, 0.3) is 0 Å². The van der Waals surface area contributed by atoms with Crippen molar-refractivity contribution in [3.63, 3.8) is 0 Å². The highest BCUT2D eigenvalue weighted by atomic mass is 32.1. The number of aromatic nitrogens is 3. The molecule has 0 spiro atoms. The number of nitrogens with zero attached hydrogens (tertiary/aromatic N) is 2. The predicted octanol–water partition coefficient (Wildman–Crippen LogP) is 3.54. The van der Waals surface area contributed by atoms with Crippen molar-refractivity contribution in [1.82, 2.24) is 14.5 Å². The number of nitrogens with one attached hydrogen (secondary N) is 2. The smallest absolute Gasteiger partial charge is 0.306 e. The zero-order valence-electron chi connectivity index (χ0n) is 14.3. The Kier molecular flexibility index (Phi) is 4.33. The Morgan fingerprint density at radius 2 is 1.96 bits per heavy atom. The van der Waals surface area contributed by atoms with E-state index in [0.29, 0.717) is 21.9 Å². The molecule has 2 N–H and O–H groups in total. The summed E-state index contributed by atoms with van der Waals surface area (Å²) in [5.41, 5.74) is 2.48. The maximum Gasteiger partial charge on any atom is 0.326 e. The van der Waals surface area contributed by atoms with E-state index in [1.165, 1.54) is 28.0 Å². The molecule has 2 heterocycles. The van der Waals surface area contributed by atoms with Crippen molar-refractivity contribution in [1.29, 1.82) is 0 Å². The summed E-state index contributed by atoms with van der Waals surface area (Å²) >= 11 is 1.33. The number of anilines is 1. The fraction of sp³-hybridized carbons (Fsp3) is 0.105. The third-order valence-electron chi connectivity index (χ3n) is 4.14. The van der Waals surface area contributed by atoms with Gasteiger partial charge in [0.15, 0.2) is 5.13 Å². The Morgan fingerprint density at radius 3 is 2.74 bits per heavy atom. The van der Waals surface area contributed by atoms with E-state index in [9.17, 15) is 14.0 Å². The Bertz CT molecular complexity index is 1190. The molecule has 0 bridgehead atoms. The van der Waals surface area contributed by atoms with Crippen LogP contribution in [0.3, 0.4) is 0 Å². The largest absolute Gasteiger partial charge is 0.326 e. The summed E-state index contributed by atoms with van der Waals surface area (Å²) < 4.78 is 14.5. The van der Waals surface area contributed by atoms with E-state index >= 15 is 0 Å². The molecule has 136 valence electrons. The number of fused-ring (bicyclic) bond motifs is 1. The molecule has 8 heteroatoms. The molecule has 0 saturated heterocycles. The molecule has 0 saturated carbocycles. The zero-order valence-corrected chi connectivity index (χ0v) is 15.1. The summed E-state index contributed by atoms with van der Waals surface area (Å²) in [6.07, 6.45) is 0. The molecule has 0 aliphatic rings. The Morgan fingerprint density at radius 1 is 1.22 bits per heavy atom. The topological polar surface area (TPSA) is 79.8 Å². The molecule has 0 fully saturated rings. The number of rotatable bonds is 4. The van der Waals surface area contributed by atoms with Crippen molar-refractivity contribution in [2.75, 3.05) is 5.32 Å². The predicted molar refractivity (Wildman–Crippen MR) is 103 cm³/mol. The van der Waals surface area contributed by atoms with E-state index in [0.717, 1.165) is 10.4 Å². The lowest BCUT2D eigenvalue weighted by atomic mass is 10.1. The summed E-state index contributed by atoms with van der Waals surface area (Å²) in [6.45, 7) is 1.77. The molecule has 2 aromatic carbocycles. The first-order valence-corrected chi connectivity index (χ1v) is 9.03. The molecular formula is C19H15FN4O2S. The number of aromatic amines is 1. The molecular weight excluding hydrogens is 367 g/mol. The van der Waals surface area contributed by atoms with Crippen LogP contribution >= 0.6 is 11.3 Å². The van der Waals surface area contributed by atoms with E-state index < -0.39 is 0 Å². The van der Waals surface area contributed by atoms with Crippen molar-refractivity contribution in [2.24, 2.45) is 0 Å². The minimum Gasteiger partial charge on any atom is -0.306 e. The van der Waals surface area contributed by atoms with Gasteiger partial charge in [-0.05, 0) is 43.3 Å². The lowest BCUT2D eigenvalue weighted by Crippen LogP contribution is -2.25. The minimum atomic E-state index is -0.346. The molecule has 2 aromatic heterocycles. The molecule has 0 radical (unpaired) electrons. The first-order valence-electron chi connectivity index (χ1n) is 8.22. The molecule has 4 rings (SSSR count). The molecule has 0 aliphatic heterocycles. The minimum absolute atomic E-state index is 0.118. The second-order valence-electron chi connectivity index (χ2n) is 6.01. The van der Waals surface area contributed by atoms with Crippen LogP contribution in [0.15, 0.2) is 53.3 Å². The number of carbonyl (C=O) groups excluding carboxylic acids is 1. The normalized spacial score (nSPS) is 11.0. The number of benzene rings is 2. The number of hydrogen-bond acceptors (Lipinski definition) is 4. The molecule has 1 amide bonds. The van der Waals surface area contributed by atoms with Gasteiger partial charge in [0, 0.05) is 10.4 Å². The van der Waals surface area contributed by atoms with Crippen LogP contribution in [0.1, 0.15) is 4.88 Å². The van der Waals surface area contributed by atoms with Crippen LogP contribution in [0.5, 0.6) is 0 Å². The van der Waals surface area contributed by atoms with Crippen molar-refractivity contribution < 1.29 is 9.18 Å². The number of halogens is 1. The van der Waals surface area contributed by atoms with Crippen molar-refractivity contribution >= 4 is 33.4 Å². The van der Waals surface area contributed by atoms with Gasteiger partial charge in [0.2, 0.25) is 5.91 Å². The molecule has 0 unspecified atom stereocenters. The first kappa shape index (κ1) is 17.2. The Balaban J connectivity index is 1.55. The Labute approximate surface area is 157 Å². The summed E-state index contributed by atoms with van der Waals surface area (Å²) in [5.74, 6) is -0.661. The lowest BCUT2D eigenvalue weighted by molar-refractivity contribution is -0.116. The fourth-order valence-corrected chi connectivity index (χ4v) is 3.74. The quantitative estimate of drug-likeness (QED) is 0.567. The van der Waals surface area contributed by atoms with Gasteiger partial charge in [0.1, 0.15) is 12.4 Å². The maximum atomic E-state index is 13.1. The van der Waals surface area contributed by atoms with Gasteiger partial charge >= 0.3 is 5.69 Å². The van der Waals surface area contributed by atoms with Gasteiger partial charge in [-0.25, -0.2) is 14.2 Å². The van der Waals surface area contributed by atoms with Crippen LogP contribution in [-0.4, -0.2) is 20.4 Å². The highest BCUT2D eigenvalue weighted by Gasteiger charge is 2.14. The van der Waals surface area contributed by atoms with E-state index in [-0.39, 0.29) is 24.0 Å². The summed E-state index contributed by atoms with van der Waals surface area (Å²) in [6, 6.07) is 13.2. The number of hydrogen-bond donors (Lipinski definition) is 2. The van der Waals surface area contributed by atoms with Crippen LogP contribution in [0.2, 0.25) is 0 Å². The van der Waals surface area contributed by atoms with E-state index in [4.69, 9.17) is 0 Å². The summed E-state index contributed by atoms with van der Waals surface area (Å²) in [4.78, 5) is 32.5. The molecule has 0 atom stereocenters. The number of aryl methyl sites for hydroxylation is 1. The number of carbonyl (C=O) groups is 1. The van der Waals surface area contributed by atoms with Gasteiger partial charge in [-0.1, -0.05) is 12.1 Å². The van der Waals surface area contributed by atoms with E-state index in [2.05, 4.69) is 15.3 Å². The molecule has 27 heavy (non-hydrogen) atoms. The third kappa shape index (κ3) is 3.39. The lowest BCUT2D eigenvalue weighted by Gasteiger charge is -2.03. The average Bonchev–Trinajstić information content (AvgIpc) is 3.15. The number of thiazole rings is 1. The van der Waals surface area contributed by atoms with Gasteiger partial charge in [0.05, 0.1) is 16.7 Å². The Hall–Kier alpha value is -3.26. The number of imidazole rings is 1. The van der Waals surface area contributed by atoms with E-state index in [1.54, 1.807) is 24.3 Å². The number of H-pyrrole nitrogens is 1. The molecule has 4 aromatic rings. The van der Waals surface area contributed by atoms with Crippen LogP contribution in [0.4, 0.5) is 9.52 Å². The monoisotopic (exact) mass is 382 g/mol. The highest BCUT2D eigenvalue weighted by Crippen LogP contribution is 2.30. The summed E-state index contributed by atoms with van der Waals surface area (Å²) in [7, 11) is 0. The second kappa shape index (κ2) is 6.81. The first-order chi connectivity index (χ1) is 13.0. The van der Waals surface area contributed by atoms with Crippen LogP contribution in [0.25, 0.3) is 22.3 Å². The standard InChI is InChI=1S/C19H15FN4O2S/c1-11-17(12-6-8-13(20)9-7-12)23-18(27-11)22-16(25)10-24-15-5-3-2-4-14(15)21-19(24)26/h2-9H,10H2,1H3,(H,21,26)(H,22,23,25). The number of para-hydroxylation sites is 2. The maximum absolute atomic E-state index is 13.1. The fourth-order valence-electron chi connectivity index (χ4n) is 2.89. The molecule has 0 aliphatic carbocycles. The van der Waals surface area contributed by atoms with Crippen LogP contribution in [0, 0.1) is 12.7 Å². The van der Waals surface area contributed by atoms with Crippen molar-refractivity contribution in [2.45, 2.75) is 13.5 Å². The average molecular weight is 382 g/mol. The SMILES string of the molecule is Cc1sc(NC(=O)Cn2c(=O)[nH]c3ccccc32)nc1-c1ccc(F)cc1. The molecule has 6 nitrogen and oxygen atoms in total. The number of amides is 1.